The zero-order chi connectivity index (χ0) is 14.3. The van der Waals surface area contributed by atoms with E-state index in [0.717, 1.165) is 25.7 Å². The third kappa shape index (κ3) is 13.8. The molecule has 0 aliphatic heterocycles. The van der Waals surface area contributed by atoms with Crippen molar-refractivity contribution in [2.75, 3.05) is 0 Å². The second kappa shape index (κ2) is 14.0. The number of hydrogen-bond donors (Lipinski definition) is 0. The molecule has 2 radical (unpaired) electrons. The summed E-state index contributed by atoms with van der Waals surface area (Å²) in [6.07, 6.45) is 12.8. The Balaban J connectivity index is 3.40. The van der Waals surface area contributed by atoms with Crippen LogP contribution in [0.1, 0.15) is 90.9 Å². The second-order valence-corrected chi connectivity index (χ2v) is 6.67. The molecule has 0 unspecified atom stereocenters. The van der Waals surface area contributed by atoms with E-state index in [2.05, 4.69) is 13.8 Å². The Bertz CT molecular complexity index is 215. The van der Waals surface area contributed by atoms with Crippen LogP contribution >= 0.6 is 0 Å². The van der Waals surface area contributed by atoms with Gasteiger partial charge < -0.3 is 9.59 Å². The van der Waals surface area contributed by atoms with Crippen LogP contribution in [-0.2, 0) is 9.59 Å². The van der Waals surface area contributed by atoms with E-state index in [1.807, 2.05) is 0 Å². The summed E-state index contributed by atoms with van der Waals surface area (Å²) >= 11 is 0. The van der Waals surface area contributed by atoms with Crippen LogP contribution in [0, 0.1) is 0 Å². The monoisotopic (exact) mass is 282 g/mol. The molecule has 0 aromatic rings. The van der Waals surface area contributed by atoms with E-state index in [0.29, 0.717) is 12.8 Å². The zero-order valence-electron chi connectivity index (χ0n) is 12.8. The number of hydrogen-bond acceptors (Lipinski definition) is 2. The van der Waals surface area contributed by atoms with E-state index in [1.165, 1.54) is 38.5 Å². The number of carbonyl (C=O) groups excluding carboxylic acids is 2. The lowest BCUT2D eigenvalue weighted by Crippen LogP contribution is -2.19. The van der Waals surface area contributed by atoms with E-state index in [4.69, 9.17) is 0 Å². The quantitative estimate of drug-likeness (QED) is 0.348. The summed E-state index contributed by atoms with van der Waals surface area (Å²) in [5, 5.41) is 0.352. The van der Waals surface area contributed by atoms with Crippen molar-refractivity contribution in [3.8, 4) is 0 Å². The van der Waals surface area contributed by atoms with Crippen LogP contribution < -0.4 is 0 Å². The minimum atomic E-state index is -0.0737. The van der Waals surface area contributed by atoms with Crippen molar-refractivity contribution >= 4 is 20.3 Å². The van der Waals surface area contributed by atoms with Gasteiger partial charge in [0.25, 0.3) is 0 Å². The molecule has 3 heteroatoms. The van der Waals surface area contributed by atoms with Gasteiger partial charge in [-0.2, -0.15) is 0 Å². The Morgan fingerprint density at radius 1 is 0.632 bits per heavy atom. The molecule has 0 aromatic carbocycles. The van der Waals surface area contributed by atoms with Gasteiger partial charge in [0, 0.05) is 12.8 Å². The van der Waals surface area contributed by atoms with Crippen molar-refractivity contribution in [3.63, 3.8) is 0 Å². The first-order chi connectivity index (χ1) is 9.20. The molecule has 0 N–H and O–H groups in total. The Labute approximate surface area is 121 Å². The third-order valence-corrected chi connectivity index (χ3v) is 4.35. The SMILES string of the molecule is CCCCCCCC(=O)[Si]C(=O)CCCCCCC. The maximum absolute atomic E-state index is 11.6. The van der Waals surface area contributed by atoms with Gasteiger partial charge in [0.2, 0.25) is 9.52 Å². The van der Waals surface area contributed by atoms with E-state index in [9.17, 15) is 9.59 Å². The van der Waals surface area contributed by atoms with Gasteiger partial charge in [-0.15, -0.1) is 0 Å². The van der Waals surface area contributed by atoms with Crippen molar-refractivity contribution in [3.05, 3.63) is 0 Å². The molecule has 0 rings (SSSR count). The Morgan fingerprint density at radius 3 is 1.37 bits per heavy atom. The fraction of sp³-hybridized carbons (Fsp3) is 0.875. The molecule has 0 bridgehead atoms. The molecule has 0 aliphatic carbocycles. The van der Waals surface area contributed by atoms with Crippen LogP contribution in [0.15, 0.2) is 0 Å². The molecule has 2 nitrogen and oxygen atoms in total. The van der Waals surface area contributed by atoms with Crippen LogP contribution in [0.4, 0.5) is 0 Å². The molecule has 0 aliphatic rings. The highest BCUT2D eigenvalue weighted by Gasteiger charge is 2.11. The number of rotatable bonds is 14. The van der Waals surface area contributed by atoms with Crippen LogP contribution in [0.3, 0.4) is 0 Å². The van der Waals surface area contributed by atoms with Gasteiger partial charge in [0.1, 0.15) is 10.8 Å². The molecule has 0 spiro atoms. The van der Waals surface area contributed by atoms with Crippen LogP contribution in [0.2, 0.25) is 0 Å². The fourth-order valence-electron chi connectivity index (χ4n) is 2.06. The minimum absolute atomic E-state index is 0.0737. The van der Waals surface area contributed by atoms with Gasteiger partial charge in [0.15, 0.2) is 0 Å². The molecular weight excluding hydrogens is 252 g/mol. The van der Waals surface area contributed by atoms with Crippen molar-refractivity contribution in [2.45, 2.75) is 90.9 Å². The summed E-state index contributed by atoms with van der Waals surface area (Å²) in [6, 6.07) is 0. The van der Waals surface area contributed by atoms with E-state index < -0.39 is 0 Å². The lowest BCUT2D eigenvalue weighted by Gasteiger charge is -2.01. The lowest BCUT2D eigenvalue weighted by molar-refractivity contribution is -0.115. The maximum Gasteiger partial charge on any atom is 0.222 e. The minimum Gasteiger partial charge on any atom is -0.305 e. The predicted octanol–water partition coefficient (Wildman–Crippen LogP) is 4.46. The molecule has 0 fully saturated rings. The normalized spacial score (nSPS) is 10.6. The van der Waals surface area contributed by atoms with Gasteiger partial charge in [-0.3, -0.25) is 0 Å². The fourth-order valence-corrected chi connectivity index (χ4v) is 2.97. The zero-order valence-corrected chi connectivity index (χ0v) is 13.8. The van der Waals surface area contributed by atoms with Crippen LogP contribution in [-0.4, -0.2) is 20.3 Å². The van der Waals surface area contributed by atoms with E-state index in [1.54, 1.807) is 0 Å². The predicted molar refractivity (Wildman–Crippen MR) is 82.5 cm³/mol. The molecule has 0 saturated carbocycles. The first-order valence-corrected chi connectivity index (χ1v) is 9.03. The summed E-state index contributed by atoms with van der Waals surface area (Å²) in [7, 11) is -0.0737. The molecule has 0 aromatic heterocycles. The molecule has 19 heavy (non-hydrogen) atoms. The van der Waals surface area contributed by atoms with Gasteiger partial charge in [-0.25, -0.2) is 0 Å². The van der Waals surface area contributed by atoms with Crippen molar-refractivity contribution in [1.29, 1.82) is 0 Å². The van der Waals surface area contributed by atoms with Crippen molar-refractivity contribution < 1.29 is 9.59 Å². The summed E-state index contributed by atoms with van der Waals surface area (Å²) in [5.41, 5.74) is 0. The molecule has 0 atom stereocenters. The number of unbranched alkanes of at least 4 members (excludes halogenated alkanes) is 8. The Kier molecular flexibility index (Phi) is 13.7. The Hall–Kier alpha value is -0.443. The molecule has 0 amide bonds. The molecule has 0 heterocycles. The first kappa shape index (κ1) is 18.6. The average Bonchev–Trinajstić information content (AvgIpc) is 2.38. The summed E-state index contributed by atoms with van der Waals surface area (Å²) in [6.45, 7) is 4.37. The molecule has 0 saturated heterocycles. The van der Waals surface area contributed by atoms with Crippen LogP contribution in [0.5, 0.6) is 0 Å². The highest BCUT2D eigenvalue weighted by molar-refractivity contribution is 6.97. The smallest absolute Gasteiger partial charge is 0.222 e. The van der Waals surface area contributed by atoms with Gasteiger partial charge >= 0.3 is 0 Å². The van der Waals surface area contributed by atoms with E-state index in [-0.39, 0.29) is 20.3 Å². The Morgan fingerprint density at radius 2 is 1.00 bits per heavy atom. The summed E-state index contributed by atoms with van der Waals surface area (Å²) < 4.78 is 0. The average molecular weight is 282 g/mol. The van der Waals surface area contributed by atoms with E-state index >= 15 is 0 Å². The van der Waals surface area contributed by atoms with Crippen molar-refractivity contribution in [1.82, 2.24) is 0 Å². The van der Waals surface area contributed by atoms with Crippen molar-refractivity contribution in [2.24, 2.45) is 0 Å². The highest BCUT2D eigenvalue weighted by Crippen LogP contribution is 2.07. The molecular formula is C16H30O2Si. The highest BCUT2D eigenvalue weighted by atomic mass is 28.2. The third-order valence-electron chi connectivity index (χ3n) is 3.29. The second-order valence-electron chi connectivity index (χ2n) is 5.30. The molecule has 110 valence electrons. The summed E-state index contributed by atoms with van der Waals surface area (Å²) in [4.78, 5) is 23.2. The lowest BCUT2D eigenvalue weighted by atomic mass is 10.1. The van der Waals surface area contributed by atoms with Crippen LogP contribution in [0.25, 0.3) is 0 Å². The van der Waals surface area contributed by atoms with Gasteiger partial charge in [-0.05, 0) is 12.8 Å². The first-order valence-electron chi connectivity index (χ1n) is 8.03. The van der Waals surface area contributed by atoms with Gasteiger partial charge in [-0.1, -0.05) is 65.2 Å². The largest absolute Gasteiger partial charge is 0.305 e. The topological polar surface area (TPSA) is 34.1 Å². The maximum atomic E-state index is 11.6. The standard InChI is InChI=1S/C16H30O2Si/c1-3-5-7-9-11-13-15(17)19-16(18)14-12-10-8-6-4-2/h3-14H2,1-2H3. The number of carbonyl (C=O) groups is 2. The van der Waals surface area contributed by atoms with Gasteiger partial charge in [0.05, 0.1) is 0 Å². The summed E-state index contributed by atoms with van der Waals surface area (Å²) in [5.74, 6) is 0.